The highest BCUT2D eigenvalue weighted by Crippen LogP contribution is 2.39. The zero-order chi connectivity index (χ0) is 21.6. The number of halogens is 3. The first kappa shape index (κ1) is 19.0. The van der Waals surface area contributed by atoms with Gasteiger partial charge in [-0.1, -0.05) is 54.6 Å². The molecule has 5 aromatic rings. The van der Waals surface area contributed by atoms with Crippen molar-refractivity contribution in [2.45, 2.75) is 6.18 Å². The molecule has 0 saturated carbocycles. The first-order valence-corrected chi connectivity index (χ1v) is 9.68. The van der Waals surface area contributed by atoms with E-state index in [-0.39, 0.29) is 0 Å². The lowest BCUT2D eigenvalue weighted by Gasteiger charge is -2.15. The van der Waals surface area contributed by atoms with Crippen molar-refractivity contribution < 1.29 is 13.2 Å². The Balaban J connectivity index is 1.91. The van der Waals surface area contributed by atoms with E-state index in [1.54, 1.807) is 12.1 Å². The molecule has 5 heteroatoms. The van der Waals surface area contributed by atoms with Crippen LogP contribution in [0.1, 0.15) is 11.1 Å². The van der Waals surface area contributed by atoms with Crippen molar-refractivity contribution in [3.05, 3.63) is 102 Å². The lowest BCUT2D eigenvalue weighted by Crippen LogP contribution is -2.04. The Hall–Kier alpha value is -4.04. The normalized spacial score (nSPS) is 11.7. The van der Waals surface area contributed by atoms with Crippen molar-refractivity contribution in [3.8, 4) is 22.9 Å². The van der Waals surface area contributed by atoms with E-state index in [2.05, 4.69) is 6.07 Å². The molecule has 0 fully saturated rings. The largest absolute Gasteiger partial charge is 0.416 e. The summed E-state index contributed by atoms with van der Waals surface area (Å²) in [6.07, 6.45) is -4.42. The highest BCUT2D eigenvalue weighted by Gasteiger charge is 2.31. The number of fused-ring (bicyclic) bond motifs is 3. The number of para-hydroxylation sites is 1. The van der Waals surface area contributed by atoms with Gasteiger partial charge in [0.1, 0.15) is 0 Å². The molecule has 0 radical (unpaired) electrons. The third kappa shape index (κ3) is 3.13. The van der Waals surface area contributed by atoms with Crippen LogP contribution in [-0.4, -0.2) is 4.57 Å². The van der Waals surface area contributed by atoms with Gasteiger partial charge < -0.3 is 4.57 Å². The summed E-state index contributed by atoms with van der Waals surface area (Å²) in [6.45, 7) is 0. The molecule has 0 amide bonds. The van der Waals surface area contributed by atoms with Crippen LogP contribution in [0.5, 0.6) is 0 Å². The molecule has 2 nitrogen and oxygen atoms in total. The number of hydrogen-bond donors (Lipinski definition) is 0. The number of alkyl halides is 3. The molecule has 0 spiro atoms. The summed E-state index contributed by atoms with van der Waals surface area (Å²) >= 11 is 0. The van der Waals surface area contributed by atoms with Crippen LogP contribution in [0.2, 0.25) is 0 Å². The first-order chi connectivity index (χ1) is 15.0. The molecule has 1 aromatic heterocycles. The molecule has 0 N–H and O–H groups in total. The summed E-state index contributed by atoms with van der Waals surface area (Å²) in [6, 6.07) is 28.5. The molecule has 0 bridgehead atoms. The van der Waals surface area contributed by atoms with Crippen molar-refractivity contribution in [2.24, 2.45) is 0 Å². The second kappa shape index (κ2) is 7.03. The Bertz CT molecular complexity index is 1470. The summed E-state index contributed by atoms with van der Waals surface area (Å²) in [5.41, 5.74) is 3.83. The van der Waals surface area contributed by atoms with E-state index in [1.165, 1.54) is 12.1 Å². The lowest BCUT2D eigenvalue weighted by atomic mass is 10.0. The molecular formula is C26H15F3N2. The van der Waals surface area contributed by atoms with E-state index < -0.39 is 11.7 Å². The maximum Gasteiger partial charge on any atom is 0.416 e. The minimum atomic E-state index is -4.42. The zero-order valence-electron chi connectivity index (χ0n) is 16.2. The van der Waals surface area contributed by atoms with Crippen LogP contribution in [0.15, 0.2) is 91.0 Å². The van der Waals surface area contributed by atoms with Gasteiger partial charge in [-0.15, -0.1) is 0 Å². The van der Waals surface area contributed by atoms with E-state index >= 15 is 0 Å². The number of aromatic nitrogens is 1. The molecule has 150 valence electrons. The summed E-state index contributed by atoms with van der Waals surface area (Å²) in [4.78, 5) is 0. The highest BCUT2D eigenvalue weighted by atomic mass is 19.4. The maximum absolute atomic E-state index is 13.4. The van der Waals surface area contributed by atoms with Crippen LogP contribution in [0.3, 0.4) is 0 Å². The van der Waals surface area contributed by atoms with Crippen LogP contribution in [0.4, 0.5) is 13.2 Å². The van der Waals surface area contributed by atoms with Crippen LogP contribution in [0, 0.1) is 11.3 Å². The fourth-order valence-corrected chi connectivity index (χ4v) is 4.06. The van der Waals surface area contributed by atoms with Crippen LogP contribution in [-0.2, 0) is 6.18 Å². The van der Waals surface area contributed by atoms with Crippen LogP contribution < -0.4 is 0 Å². The Labute approximate surface area is 176 Å². The van der Waals surface area contributed by atoms with Crippen LogP contribution in [0.25, 0.3) is 38.6 Å². The van der Waals surface area contributed by atoms with E-state index in [1.807, 2.05) is 65.2 Å². The molecule has 4 aromatic carbocycles. The number of rotatable bonds is 2. The molecule has 0 aliphatic rings. The van der Waals surface area contributed by atoms with Gasteiger partial charge >= 0.3 is 6.18 Å². The number of nitriles is 1. The van der Waals surface area contributed by atoms with Gasteiger partial charge in [-0.05, 0) is 42.0 Å². The van der Waals surface area contributed by atoms with E-state index in [0.717, 1.165) is 33.8 Å². The van der Waals surface area contributed by atoms with Gasteiger partial charge in [0.05, 0.1) is 33.9 Å². The molecule has 1 heterocycles. The molecule has 0 unspecified atom stereocenters. The third-order valence-electron chi connectivity index (χ3n) is 5.45. The van der Waals surface area contributed by atoms with E-state index in [0.29, 0.717) is 16.5 Å². The molecular weight excluding hydrogens is 397 g/mol. The Morgan fingerprint density at radius 2 is 1.42 bits per heavy atom. The first-order valence-electron chi connectivity index (χ1n) is 9.68. The predicted molar refractivity (Wildman–Crippen MR) is 116 cm³/mol. The molecule has 31 heavy (non-hydrogen) atoms. The monoisotopic (exact) mass is 412 g/mol. The van der Waals surface area contributed by atoms with Crippen molar-refractivity contribution >= 4 is 21.8 Å². The average molecular weight is 412 g/mol. The molecule has 0 aliphatic carbocycles. The van der Waals surface area contributed by atoms with Crippen LogP contribution >= 0.6 is 0 Å². The summed E-state index contributed by atoms with van der Waals surface area (Å²) in [5.74, 6) is 0. The van der Waals surface area contributed by atoms with Gasteiger partial charge in [-0.2, -0.15) is 18.4 Å². The van der Waals surface area contributed by atoms with Gasteiger partial charge in [0.2, 0.25) is 0 Å². The molecule has 0 saturated heterocycles. The van der Waals surface area contributed by atoms with Crippen molar-refractivity contribution in [2.75, 3.05) is 0 Å². The van der Waals surface area contributed by atoms with E-state index in [9.17, 15) is 18.4 Å². The standard InChI is InChI=1S/C26H15F3N2/c27-26(28,29)19-11-13-24-22(15-19)21-8-4-5-9-23(21)31(24)25-14-17(16-30)10-12-20(25)18-6-2-1-3-7-18/h1-15H. The fraction of sp³-hybridized carbons (Fsp3) is 0.0385. The Morgan fingerprint density at radius 3 is 2.16 bits per heavy atom. The van der Waals surface area contributed by atoms with Gasteiger partial charge in [0, 0.05) is 16.3 Å². The molecule has 0 atom stereocenters. The zero-order valence-corrected chi connectivity index (χ0v) is 16.2. The summed E-state index contributed by atoms with van der Waals surface area (Å²) in [7, 11) is 0. The van der Waals surface area contributed by atoms with Gasteiger partial charge in [-0.3, -0.25) is 0 Å². The quantitative estimate of drug-likeness (QED) is 0.298. The fourth-order valence-electron chi connectivity index (χ4n) is 4.06. The van der Waals surface area contributed by atoms with Gasteiger partial charge in [-0.25, -0.2) is 0 Å². The number of nitrogens with zero attached hydrogens (tertiary/aromatic N) is 2. The Kier molecular flexibility index (Phi) is 4.30. The third-order valence-corrected chi connectivity index (χ3v) is 5.45. The van der Waals surface area contributed by atoms with Crippen molar-refractivity contribution in [3.63, 3.8) is 0 Å². The number of benzene rings is 4. The predicted octanol–water partition coefficient (Wildman–Crippen LogP) is 7.34. The van der Waals surface area contributed by atoms with Crippen molar-refractivity contribution in [1.29, 1.82) is 5.26 Å². The van der Waals surface area contributed by atoms with Gasteiger partial charge in [0.15, 0.2) is 0 Å². The highest BCUT2D eigenvalue weighted by molar-refractivity contribution is 6.10. The second-order valence-corrected chi connectivity index (χ2v) is 7.29. The lowest BCUT2D eigenvalue weighted by molar-refractivity contribution is -0.137. The van der Waals surface area contributed by atoms with Crippen molar-refractivity contribution in [1.82, 2.24) is 4.57 Å². The maximum atomic E-state index is 13.4. The summed E-state index contributed by atoms with van der Waals surface area (Å²) < 4.78 is 42.1. The average Bonchev–Trinajstić information content (AvgIpc) is 3.12. The van der Waals surface area contributed by atoms with Gasteiger partial charge in [0.25, 0.3) is 0 Å². The topological polar surface area (TPSA) is 28.7 Å². The molecule has 0 aliphatic heterocycles. The minimum Gasteiger partial charge on any atom is -0.309 e. The SMILES string of the molecule is N#Cc1ccc(-c2ccccc2)c(-n2c3ccccc3c3cc(C(F)(F)F)ccc32)c1. The molecule has 5 rings (SSSR count). The second-order valence-electron chi connectivity index (χ2n) is 7.29. The minimum absolute atomic E-state index is 0.479. The number of hydrogen-bond acceptors (Lipinski definition) is 1. The van der Waals surface area contributed by atoms with E-state index in [4.69, 9.17) is 0 Å². The summed E-state index contributed by atoms with van der Waals surface area (Å²) in [5, 5.41) is 10.7. The Morgan fingerprint density at radius 1 is 0.710 bits per heavy atom. The smallest absolute Gasteiger partial charge is 0.309 e.